The van der Waals surface area contributed by atoms with E-state index in [0.717, 1.165) is 12.1 Å². The zero-order chi connectivity index (χ0) is 14.5. The second-order valence-electron chi connectivity index (χ2n) is 4.35. The smallest absolute Gasteiger partial charge is 0.259 e. The molecule has 0 unspecified atom stereocenters. The fourth-order valence-electron chi connectivity index (χ4n) is 1.93. The van der Waals surface area contributed by atoms with Crippen molar-refractivity contribution >= 4 is 23.2 Å². The van der Waals surface area contributed by atoms with Gasteiger partial charge < -0.3 is 10.1 Å². The van der Waals surface area contributed by atoms with E-state index in [1.54, 1.807) is 18.2 Å². The Hall–Kier alpha value is -2.00. The van der Waals surface area contributed by atoms with Gasteiger partial charge in [0, 0.05) is 10.7 Å². The average molecular weight is 290 g/mol. The number of nitrogens with one attached hydrogen (secondary N) is 1. The minimum absolute atomic E-state index is 0.238. The fourth-order valence-corrected chi connectivity index (χ4v) is 2.10. The molecule has 0 spiro atoms. The number of halogens is 1. The Bertz CT molecular complexity index is 626. The maximum absolute atomic E-state index is 12.3. The Balaban J connectivity index is 2.25. The van der Waals surface area contributed by atoms with E-state index in [1.165, 1.54) is 12.7 Å². The Morgan fingerprint density at radius 3 is 2.75 bits per heavy atom. The monoisotopic (exact) mass is 289 g/mol. The summed E-state index contributed by atoms with van der Waals surface area (Å²) in [7, 11) is 1.53. The molecule has 4 heteroatoms. The van der Waals surface area contributed by atoms with Crippen LogP contribution in [-0.4, -0.2) is 13.0 Å². The van der Waals surface area contributed by atoms with E-state index in [0.29, 0.717) is 16.3 Å². The summed E-state index contributed by atoms with van der Waals surface area (Å²) in [4.78, 5) is 12.3. The molecule has 1 amide bonds. The molecule has 104 valence electrons. The highest BCUT2D eigenvalue weighted by atomic mass is 35.5. The van der Waals surface area contributed by atoms with Crippen LogP contribution in [-0.2, 0) is 6.42 Å². The number of anilines is 1. The van der Waals surface area contributed by atoms with Crippen LogP contribution in [0, 0.1) is 0 Å². The van der Waals surface area contributed by atoms with Crippen LogP contribution in [0.4, 0.5) is 5.69 Å². The Morgan fingerprint density at radius 1 is 1.25 bits per heavy atom. The number of rotatable bonds is 4. The molecule has 0 saturated carbocycles. The van der Waals surface area contributed by atoms with E-state index >= 15 is 0 Å². The fraction of sp³-hybridized carbons (Fsp3) is 0.188. The highest BCUT2D eigenvalue weighted by Crippen LogP contribution is 2.24. The van der Waals surface area contributed by atoms with Gasteiger partial charge in [0.1, 0.15) is 5.75 Å². The number of amides is 1. The first-order valence-electron chi connectivity index (χ1n) is 6.38. The van der Waals surface area contributed by atoms with E-state index in [1.807, 2.05) is 24.3 Å². The summed E-state index contributed by atoms with van der Waals surface area (Å²) in [6, 6.07) is 12.7. The van der Waals surface area contributed by atoms with Gasteiger partial charge in [-0.25, -0.2) is 0 Å². The van der Waals surface area contributed by atoms with Gasteiger partial charge in [-0.1, -0.05) is 30.7 Å². The van der Waals surface area contributed by atoms with Crippen molar-refractivity contribution in [3.05, 3.63) is 58.6 Å². The number of hydrogen-bond acceptors (Lipinski definition) is 2. The van der Waals surface area contributed by atoms with Gasteiger partial charge in [0.05, 0.1) is 12.7 Å². The first-order chi connectivity index (χ1) is 9.63. The molecule has 0 aliphatic heterocycles. The molecule has 0 radical (unpaired) electrons. The zero-order valence-corrected chi connectivity index (χ0v) is 12.2. The van der Waals surface area contributed by atoms with E-state index in [2.05, 4.69) is 12.2 Å². The van der Waals surface area contributed by atoms with Crippen molar-refractivity contribution < 1.29 is 9.53 Å². The van der Waals surface area contributed by atoms with Gasteiger partial charge in [0.15, 0.2) is 0 Å². The molecule has 0 atom stereocenters. The van der Waals surface area contributed by atoms with Crippen LogP contribution in [0.1, 0.15) is 22.8 Å². The van der Waals surface area contributed by atoms with Crippen LogP contribution >= 0.6 is 11.6 Å². The Labute approximate surface area is 123 Å². The number of methoxy groups -OCH3 is 1. The molecule has 0 saturated heterocycles. The quantitative estimate of drug-likeness (QED) is 0.917. The van der Waals surface area contributed by atoms with Crippen molar-refractivity contribution in [1.29, 1.82) is 0 Å². The van der Waals surface area contributed by atoms with Crippen molar-refractivity contribution in [3.63, 3.8) is 0 Å². The van der Waals surface area contributed by atoms with Crippen molar-refractivity contribution in [3.8, 4) is 5.75 Å². The molecule has 2 aromatic rings. The van der Waals surface area contributed by atoms with Crippen molar-refractivity contribution in [1.82, 2.24) is 0 Å². The Morgan fingerprint density at radius 2 is 2.05 bits per heavy atom. The minimum atomic E-state index is -0.238. The first kappa shape index (κ1) is 14.4. The summed E-state index contributed by atoms with van der Waals surface area (Å²) in [6.45, 7) is 2.07. The maximum Gasteiger partial charge on any atom is 0.259 e. The van der Waals surface area contributed by atoms with Gasteiger partial charge >= 0.3 is 0 Å². The molecule has 3 nitrogen and oxygen atoms in total. The van der Waals surface area contributed by atoms with Gasteiger partial charge in [0.25, 0.3) is 5.91 Å². The van der Waals surface area contributed by atoms with Crippen LogP contribution in [0.15, 0.2) is 42.5 Å². The highest BCUT2D eigenvalue weighted by molar-refractivity contribution is 6.31. The minimum Gasteiger partial charge on any atom is -0.496 e. The topological polar surface area (TPSA) is 38.3 Å². The number of benzene rings is 2. The van der Waals surface area contributed by atoms with Gasteiger partial charge in [0.2, 0.25) is 0 Å². The number of aryl methyl sites for hydroxylation is 1. The van der Waals surface area contributed by atoms with Crippen LogP contribution in [0.25, 0.3) is 0 Å². The lowest BCUT2D eigenvalue weighted by atomic mass is 10.1. The molecule has 0 aliphatic rings. The normalized spacial score (nSPS) is 10.2. The molecular formula is C16H16ClNO2. The molecule has 2 rings (SSSR count). The third-order valence-corrected chi connectivity index (χ3v) is 3.23. The molecule has 0 bridgehead atoms. The molecule has 0 aliphatic carbocycles. The van der Waals surface area contributed by atoms with Gasteiger partial charge in [-0.05, 0) is 42.3 Å². The van der Waals surface area contributed by atoms with Gasteiger partial charge in [-0.2, -0.15) is 0 Å². The number of carbonyl (C=O) groups is 1. The van der Waals surface area contributed by atoms with E-state index < -0.39 is 0 Å². The summed E-state index contributed by atoms with van der Waals surface area (Å²) < 4.78 is 5.18. The van der Waals surface area contributed by atoms with Gasteiger partial charge in [-0.15, -0.1) is 0 Å². The molecule has 1 N–H and O–H groups in total. The summed E-state index contributed by atoms with van der Waals surface area (Å²) >= 11 is 5.93. The summed E-state index contributed by atoms with van der Waals surface area (Å²) in [5.74, 6) is 0.260. The number of hydrogen-bond donors (Lipinski definition) is 1. The van der Waals surface area contributed by atoms with E-state index in [4.69, 9.17) is 16.3 Å². The summed E-state index contributed by atoms with van der Waals surface area (Å²) in [6.07, 6.45) is 0.921. The van der Waals surface area contributed by atoms with Crippen molar-refractivity contribution in [2.45, 2.75) is 13.3 Å². The molecular weight excluding hydrogens is 274 g/mol. The average Bonchev–Trinajstić information content (AvgIpc) is 2.47. The second kappa shape index (κ2) is 6.44. The standard InChI is InChI=1S/C16H16ClNO2/c1-3-11-5-4-6-13(9-11)18-16(19)14-10-12(17)7-8-15(14)20-2/h4-10H,3H2,1-2H3,(H,18,19). The van der Waals surface area contributed by atoms with Gasteiger partial charge in [-0.3, -0.25) is 4.79 Å². The lowest BCUT2D eigenvalue weighted by molar-refractivity contribution is 0.102. The second-order valence-corrected chi connectivity index (χ2v) is 4.79. The first-order valence-corrected chi connectivity index (χ1v) is 6.75. The predicted molar refractivity (Wildman–Crippen MR) is 81.8 cm³/mol. The molecule has 0 fully saturated rings. The SMILES string of the molecule is CCc1cccc(NC(=O)c2cc(Cl)ccc2OC)c1. The number of ether oxygens (including phenoxy) is 1. The summed E-state index contributed by atoms with van der Waals surface area (Å²) in [5.41, 5.74) is 2.35. The molecule has 0 aromatic heterocycles. The number of carbonyl (C=O) groups excluding carboxylic acids is 1. The maximum atomic E-state index is 12.3. The van der Waals surface area contributed by atoms with E-state index in [-0.39, 0.29) is 5.91 Å². The molecule has 2 aromatic carbocycles. The highest BCUT2D eigenvalue weighted by Gasteiger charge is 2.13. The Kier molecular flexibility index (Phi) is 4.64. The zero-order valence-electron chi connectivity index (χ0n) is 11.4. The lowest BCUT2D eigenvalue weighted by Gasteiger charge is -2.10. The van der Waals surface area contributed by atoms with Crippen LogP contribution in [0.3, 0.4) is 0 Å². The van der Waals surface area contributed by atoms with Crippen LogP contribution < -0.4 is 10.1 Å². The predicted octanol–water partition coefficient (Wildman–Crippen LogP) is 4.16. The third kappa shape index (κ3) is 3.31. The van der Waals surface area contributed by atoms with E-state index in [9.17, 15) is 4.79 Å². The lowest BCUT2D eigenvalue weighted by Crippen LogP contribution is -2.13. The third-order valence-electron chi connectivity index (χ3n) is 3.00. The largest absolute Gasteiger partial charge is 0.496 e. The van der Waals surface area contributed by atoms with Crippen LogP contribution in [0.5, 0.6) is 5.75 Å². The molecule has 20 heavy (non-hydrogen) atoms. The van der Waals surface area contributed by atoms with Crippen molar-refractivity contribution in [2.24, 2.45) is 0 Å². The van der Waals surface area contributed by atoms with Crippen molar-refractivity contribution in [2.75, 3.05) is 12.4 Å². The summed E-state index contributed by atoms with van der Waals surface area (Å²) in [5, 5.41) is 3.36. The molecule has 0 heterocycles. The van der Waals surface area contributed by atoms with Crippen LogP contribution in [0.2, 0.25) is 5.02 Å².